The van der Waals surface area contributed by atoms with Crippen molar-refractivity contribution in [3.05, 3.63) is 35.4 Å². The Morgan fingerprint density at radius 1 is 0.885 bits per heavy atom. The van der Waals surface area contributed by atoms with Crippen LogP contribution in [0.4, 0.5) is 0 Å². The Bertz CT molecular complexity index is 586. The van der Waals surface area contributed by atoms with E-state index in [4.69, 9.17) is 5.11 Å². The second-order valence-electron chi connectivity index (χ2n) is 9.47. The molecular formula is C23H35NO2. The first-order valence-corrected chi connectivity index (χ1v) is 10.4. The van der Waals surface area contributed by atoms with Crippen LogP contribution in [0.3, 0.4) is 0 Å². The topological polar surface area (TPSA) is 49.3 Å². The van der Waals surface area contributed by atoms with Gasteiger partial charge < -0.3 is 10.4 Å². The molecule has 3 rings (SSSR count). The molecule has 0 spiro atoms. The van der Waals surface area contributed by atoms with Crippen molar-refractivity contribution in [1.82, 2.24) is 5.32 Å². The van der Waals surface area contributed by atoms with Crippen LogP contribution >= 0.6 is 0 Å². The summed E-state index contributed by atoms with van der Waals surface area (Å²) in [7, 11) is 0. The summed E-state index contributed by atoms with van der Waals surface area (Å²) in [6, 6.07) is 10.4. The van der Waals surface area contributed by atoms with Crippen molar-refractivity contribution >= 4 is 5.97 Å². The molecule has 0 bridgehead atoms. The smallest absolute Gasteiger partial charge is 0.306 e. The van der Waals surface area contributed by atoms with E-state index in [0.29, 0.717) is 18.0 Å². The van der Waals surface area contributed by atoms with E-state index in [-0.39, 0.29) is 11.3 Å². The average molecular weight is 358 g/mol. The molecule has 2 aliphatic carbocycles. The molecule has 0 amide bonds. The normalized spacial score (nSPS) is 30.1. The molecule has 1 aromatic rings. The Morgan fingerprint density at radius 2 is 1.38 bits per heavy atom. The molecule has 0 radical (unpaired) electrons. The van der Waals surface area contributed by atoms with E-state index in [1.807, 2.05) is 0 Å². The zero-order valence-electron chi connectivity index (χ0n) is 16.6. The van der Waals surface area contributed by atoms with Crippen molar-refractivity contribution in [3.8, 4) is 0 Å². The number of aliphatic carboxylic acids is 1. The minimum atomic E-state index is -0.610. The molecule has 0 saturated heterocycles. The summed E-state index contributed by atoms with van der Waals surface area (Å²) in [4.78, 5) is 11.1. The number of carboxylic acids is 1. The highest BCUT2D eigenvalue weighted by atomic mass is 16.4. The number of carboxylic acid groups (broad SMARTS) is 1. The third-order valence-corrected chi connectivity index (χ3v) is 6.52. The van der Waals surface area contributed by atoms with Gasteiger partial charge in [-0.15, -0.1) is 0 Å². The van der Waals surface area contributed by atoms with Crippen LogP contribution in [0.15, 0.2) is 24.3 Å². The van der Waals surface area contributed by atoms with Crippen LogP contribution in [0.25, 0.3) is 0 Å². The molecule has 0 aliphatic heterocycles. The second-order valence-corrected chi connectivity index (χ2v) is 9.47. The minimum Gasteiger partial charge on any atom is -0.481 e. The first kappa shape index (κ1) is 19.4. The standard InChI is InChI=1S/C23H35NO2/c1-23(2,3)19-10-4-16(5-11-19)17-6-12-20(13-7-17)24-21-14-8-18(9-15-21)22(25)26/h4-5,10-11,17-18,20-21,24H,6-9,12-15H2,1-3H3,(H,25,26). The Morgan fingerprint density at radius 3 is 1.85 bits per heavy atom. The van der Waals surface area contributed by atoms with Crippen LogP contribution in [0.1, 0.15) is 89.2 Å². The van der Waals surface area contributed by atoms with Crippen molar-refractivity contribution in [2.24, 2.45) is 5.92 Å². The summed E-state index contributed by atoms with van der Waals surface area (Å²) in [5.41, 5.74) is 3.13. The molecule has 2 N–H and O–H groups in total. The minimum absolute atomic E-state index is 0.111. The first-order chi connectivity index (χ1) is 12.3. The summed E-state index contributed by atoms with van der Waals surface area (Å²) in [5, 5.41) is 12.9. The summed E-state index contributed by atoms with van der Waals surface area (Å²) in [5.74, 6) is -0.0221. The van der Waals surface area contributed by atoms with E-state index in [2.05, 4.69) is 50.4 Å². The number of rotatable bonds is 4. The Labute approximate surface area is 158 Å². The van der Waals surface area contributed by atoms with Gasteiger partial charge in [-0.05, 0) is 73.8 Å². The van der Waals surface area contributed by atoms with E-state index in [0.717, 1.165) is 25.7 Å². The maximum Gasteiger partial charge on any atom is 0.306 e. The van der Waals surface area contributed by atoms with Crippen LogP contribution in [-0.4, -0.2) is 23.2 Å². The number of carbonyl (C=O) groups is 1. The van der Waals surface area contributed by atoms with Crippen molar-refractivity contribution in [1.29, 1.82) is 0 Å². The van der Waals surface area contributed by atoms with E-state index in [1.165, 1.54) is 36.8 Å². The third-order valence-electron chi connectivity index (χ3n) is 6.52. The zero-order chi connectivity index (χ0) is 18.7. The van der Waals surface area contributed by atoms with Crippen molar-refractivity contribution < 1.29 is 9.90 Å². The Kier molecular flexibility index (Phi) is 6.06. The van der Waals surface area contributed by atoms with Gasteiger partial charge in [0.2, 0.25) is 0 Å². The van der Waals surface area contributed by atoms with Gasteiger partial charge in [0, 0.05) is 12.1 Å². The third kappa shape index (κ3) is 4.88. The van der Waals surface area contributed by atoms with Crippen LogP contribution in [0, 0.1) is 5.92 Å². The lowest BCUT2D eigenvalue weighted by Crippen LogP contribution is -2.42. The van der Waals surface area contributed by atoms with Gasteiger partial charge in [0.15, 0.2) is 0 Å². The fraction of sp³-hybridized carbons (Fsp3) is 0.696. The molecule has 26 heavy (non-hydrogen) atoms. The van der Waals surface area contributed by atoms with Crippen molar-refractivity contribution in [2.75, 3.05) is 0 Å². The highest BCUT2D eigenvalue weighted by Gasteiger charge is 2.29. The molecule has 144 valence electrons. The second kappa shape index (κ2) is 8.12. The fourth-order valence-corrected chi connectivity index (χ4v) is 4.69. The molecule has 1 aromatic carbocycles. The fourth-order valence-electron chi connectivity index (χ4n) is 4.69. The predicted octanol–water partition coefficient (Wildman–Crippen LogP) is 5.24. The van der Waals surface area contributed by atoms with Gasteiger partial charge in [-0.2, -0.15) is 0 Å². The summed E-state index contributed by atoms with van der Waals surface area (Å²) < 4.78 is 0. The lowest BCUT2D eigenvalue weighted by molar-refractivity contribution is -0.142. The van der Waals surface area contributed by atoms with Crippen LogP contribution in [-0.2, 0) is 10.2 Å². The number of nitrogens with one attached hydrogen (secondary N) is 1. The highest BCUT2D eigenvalue weighted by molar-refractivity contribution is 5.70. The number of benzene rings is 1. The molecule has 3 nitrogen and oxygen atoms in total. The van der Waals surface area contributed by atoms with Crippen LogP contribution in [0.5, 0.6) is 0 Å². The van der Waals surface area contributed by atoms with Gasteiger partial charge in [0.25, 0.3) is 0 Å². The molecule has 0 unspecified atom stereocenters. The Balaban J connectivity index is 1.45. The molecule has 3 heteroatoms. The van der Waals surface area contributed by atoms with E-state index < -0.39 is 5.97 Å². The van der Waals surface area contributed by atoms with E-state index in [9.17, 15) is 4.79 Å². The number of hydrogen-bond donors (Lipinski definition) is 2. The van der Waals surface area contributed by atoms with Gasteiger partial charge >= 0.3 is 5.97 Å². The van der Waals surface area contributed by atoms with Crippen LogP contribution < -0.4 is 5.32 Å². The first-order valence-electron chi connectivity index (χ1n) is 10.4. The summed E-state index contributed by atoms with van der Waals surface area (Å²) >= 11 is 0. The molecule has 0 atom stereocenters. The van der Waals surface area contributed by atoms with Crippen molar-refractivity contribution in [3.63, 3.8) is 0 Å². The van der Waals surface area contributed by atoms with Gasteiger partial charge in [-0.1, -0.05) is 45.0 Å². The van der Waals surface area contributed by atoms with Gasteiger partial charge in [-0.25, -0.2) is 0 Å². The summed E-state index contributed by atoms with van der Waals surface area (Å²) in [6.45, 7) is 6.80. The quantitative estimate of drug-likeness (QED) is 0.774. The lowest BCUT2D eigenvalue weighted by Gasteiger charge is -2.35. The highest BCUT2D eigenvalue weighted by Crippen LogP contribution is 2.35. The molecule has 2 aliphatic rings. The monoisotopic (exact) mass is 357 g/mol. The van der Waals surface area contributed by atoms with Crippen molar-refractivity contribution in [2.45, 2.75) is 95.6 Å². The van der Waals surface area contributed by atoms with Gasteiger partial charge in [0.05, 0.1) is 5.92 Å². The Hall–Kier alpha value is -1.35. The molecule has 0 heterocycles. The zero-order valence-corrected chi connectivity index (χ0v) is 16.6. The molecule has 2 saturated carbocycles. The molecular weight excluding hydrogens is 322 g/mol. The van der Waals surface area contributed by atoms with Gasteiger partial charge in [0.1, 0.15) is 0 Å². The van der Waals surface area contributed by atoms with E-state index in [1.54, 1.807) is 0 Å². The van der Waals surface area contributed by atoms with E-state index >= 15 is 0 Å². The average Bonchev–Trinajstić information content (AvgIpc) is 2.62. The summed E-state index contributed by atoms with van der Waals surface area (Å²) in [6.07, 6.45) is 8.71. The largest absolute Gasteiger partial charge is 0.481 e. The molecule has 2 fully saturated rings. The predicted molar refractivity (Wildman–Crippen MR) is 107 cm³/mol. The maximum atomic E-state index is 11.1. The van der Waals surface area contributed by atoms with Crippen LogP contribution in [0.2, 0.25) is 0 Å². The SMILES string of the molecule is CC(C)(C)c1ccc(C2CCC(NC3CCC(C(=O)O)CC3)CC2)cc1. The van der Waals surface area contributed by atoms with Gasteiger partial charge in [-0.3, -0.25) is 4.79 Å². The molecule has 0 aromatic heterocycles. The maximum absolute atomic E-state index is 11.1. The number of hydrogen-bond acceptors (Lipinski definition) is 2. The lowest BCUT2D eigenvalue weighted by atomic mass is 9.79.